The number of nitrogens with one attached hydrogen (secondary N) is 1. The minimum absolute atomic E-state index is 0.0809. The molecule has 3 atom stereocenters. The van der Waals surface area contributed by atoms with Gasteiger partial charge in [-0.25, -0.2) is 0 Å². The maximum Gasteiger partial charge on any atom is 0.416 e. The molecule has 0 aliphatic heterocycles. The first-order valence-electron chi connectivity index (χ1n) is 8.32. The SMILES string of the molecule is CCC(=O)OC1CC[C@](C)(O)C(=O)[C@@]1(NC)c1ccc(C(F)(F)F)cc1. The number of carbonyl (C=O) groups excluding carboxylic acids is 2. The number of alkyl halides is 3. The van der Waals surface area contributed by atoms with Crippen molar-refractivity contribution in [1.29, 1.82) is 0 Å². The van der Waals surface area contributed by atoms with Gasteiger partial charge in [-0.15, -0.1) is 0 Å². The number of ketones is 1. The summed E-state index contributed by atoms with van der Waals surface area (Å²) >= 11 is 0. The van der Waals surface area contributed by atoms with Gasteiger partial charge in [-0.05, 0) is 44.5 Å². The van der Waals surface area contributed by atoms with Crippen LogP contribution in [0.15, 0.2) is 24.3 Å². The predicted octanol–water partition coefficient (Wildman–Crippen LogP) is 2.56. The van der Waals surface area contributed by atoms with Crippen LogP contribution in [0.1, 0.15) is 44.2 Å². The van der Waals surface area contributed by atoms with E-state index in [2.05, 4.69) is 5.32 Å². The van der Waals surface area contributed by atoms with Gasteiger partial charge in [0.1, 0.15) is 17.2 Å². The number of hydrogen-bond acceptors (Lipinski definition) is 5. The van der Waals surface area contributed by atoms with Crippen LogP contribution in [0.2, 0.25) is 0 Å². The van der Waals surface area contributed by atoms with Gasteiger partial charge in [0.25, 0.3) is 0 Å². The van der Waals surface area contributed by atoms with Crippen molar-refractivity contribution in [3.63, 3.8) is 0 Å². The molecule has 1 aromatic rings. The molecule has 8 heteroatoms. The molecule has 1 aromatic carbocycles. The zero-order chi connectivity index (χ0) is 19.8. The monoisotopic (exact) mass is 373 g/mol. The van der Waals surface area contributed by atoms with Crippen molar-refractivity contribution in [2.24, 2.45) is 0 Å². The lowest BCUT2D eigenvalue weighted by molar-refractivity contribution is -0.171. The molecule has 1 unspecified atom stereocenters. The molecule has 0 heterocycles. The van der Waals surface area contributed by atoms with E-state index < -0.39 is 40.7 Å². The Morgan fingerprint density at radius 3 is 2.38 bits per heavy atom. The molecule has 1 aliphatic rings. The van der Waals surface area contributed by atoms with Crippen LogP contribution in [-0.2, 0) is 26.0 Å². The third-order valence-corrected chi connectivity index (χ3v) is 4.85. The van der Waals surface area contributed by atoms with Crippen LogP contribution in [0.3, 0.4) is 0 Å². The number of rotatable bonds is 4. The summed E-state index contributed by atoms with van der Waals surface area (Å²) in [7, 11) is 1.45. The normalized spacial score (nSPS) is 29.5. The molecule has 1 fully saturated rings. The smallest absolute Gasteiger partial charge is 0.416 e. The zero-order valence-electron chi connectivity index (χ0n) is 14.8. The topological polar surface area (TPSA) is 75.6 Å². The first kappa shape index (κ1) is 20.4. The Bertz CT molecular complexity index is 685. The highest BCUT2D eigenvalue weighted by atomic mass is 19.4. The number of hydrogen-bond donors (Lipinski definition) is 2. The van der Waals surface area contributed by atoms with Crippen LogP contribution in [0.5, 0.6) is 0 Å². The fourth-order valence-corrected chi connectivity index (χ4v) is 3.36. The van der Waals surface area contributed by atoms with Crippen LogP contribution >= 0.6 is 0 Å². The minimum Gasteiger partial charge on any atom is -0.460 e. The van der Waals surface area contributed by atoms with E-state index in [0.29, 0.717) is 0 Å². The highest BCUT2D eigenvalue weighted by Gasteiger charge is 2.57. The van der Waals surface area contributed by atoms with E-state index in [1.54, 1.807) is 6.92 Å². The Labute approximate surface area is 149 Å². The second kappa shape index (κ2) is 7.00. The van der Waals surface area contributed by atoms with Crippen LogP contribution in [0.25, 0.3) is 0 Å². The predicted molar refractivity (Wildman–Crippen MR) is 87.2 cm³/mol. The van der Waals surface area contributed by atoms with Crippen LogP contribution in [-0.4, -0.2) is 35.6 Å². The van der Waals surface area contributed by atoms with E-state index in [1.165, 1.54) is 26.1 Å². The number of benzene rings is 1. The number of aliphatic hydroxyl groups is 1. The number of Topliss-reactive ketones (excluding diaryl/α,β-unsaturated/α-hetero) is 1. The van der Waals surface area contributed by atoms with Crippen molar-refractivity contribution in [3.8, 4) is 0 Å². The van der Waals surface area contributed by atoms with Gasteiger partial charge in [-0.3, -0.25) is 9.59 Å². The minimum atomic E-state index is -4.51. The maximum atomic E-state index is 13.0. The van der Waals surface area contributed by atoms with Gasteiger partial charge >= 0.3 is 12.1 Å². The summed E-state index contributed by atoms with van der Waals surface area (Å²) in [6.45, 7) is 2.95. The van der Waals surface area contributed by atoms with Gasteiger partial charge in [-0.2, -0.15) is 13.2 Å². The van der Waals surface area contributed by atoms with Gasteiger partial charge in [0.05, 0.1) is 5.56 Å². The third-order valence-electron chi connectivity index (χ3n) is 4.85. The van der Waals surface area contributed by atoms with Crippen LogP contribution in [0.4, 0.5) is 13.2 Å². The lowest BCUT2D eigenvalue weighted by atomic mass is 9.67. The zero-order valence-corrected chi connectivity index (χ0v) is 14.8. The summed E-state index contributed by atoms with van der Waals surface area (Å²) in [5.74, 6) is -1.18. The van der Waals surface area contributed by atoms with Crippen molar-refractivity contribution in [1.82, 2.24) is 5.32 Å². The third kappa shape index (κ3) is 3.48. The number of esters is 1. The van der Waals surface area contributed by atoms with Crippen molar-refractivity contribution < 1.29 is 32.6 Å². The highest BCUT2D eigenvalue weighted by molar-refractivity contribution is 5.98. The summed E-state index contributed by atoms with van der Waals surface area (Å²) in [5.41, 5.74) is -3.98. The summed E-state index contributed by atoms with van der Waals surface area (Å²) in [6.07, 6.45) is -5.09. The number of carbonyl (C=O) groups is 2. The standard InChI is InChI=1S/C18H22F3NO4/c1-4-14(23)26-13-9-10-16(2,25)15(24)17(13,22-3)11-5-7-12(8-6-11)18(19,20)21/h5-8,13,22,25H,4,9-10H2,1-3H3/t13?,16-,17+/m0/s1. The second-order valence-electron chi connectivity index (χ2n) is 6.61. The summed E-state index contributed by atoms with van der Waals surface area (Å²) in [4.78, 5) is 24.8. The molecule has 26 heavy (non-hydrogen) atoms. The molecule has 1 aliphatic carbocycles. The van der Waals surface area contributed by atoms with Gasteiger partial charge in [0, 0.05) is 6.42 Å². The van der Waals surface area contributed by atoms with Gasteiger partial charge < -0.3 is 15.2 Å². The molecular weight excluding hydrogens is 351 g/mol. The van der Waals surface area contributed by atoms with Crippen molar-refractivity contribution in [3.05, 3.63) is 35.4 Å². The maximum absolute atomic E-state index is 13.0. The molecule has 144 valence electrons. The average Bonchev–Trinajstić information content (AvgIpc) is 2.58. The molecule has 1 saturated carbocycles. The van der Waals surface area contributed by atoms with Gasteiger partial charge in [0.15, 0.2) is 5.78 Å². The van der Waals surface area contributed by atoms with E-state index in [-0.39, 0.29) is 24.8 Å². The molecule has 0 spiro atoms. The Hall–Kier alpha value is -1.93. The quantitative estimate of drug-likeness (QED) is 0.794. The Kier molecular flexibility index (Phi) is 5.49. The molecule has 2 N–H and O–H groups in total. The summed E-state index contributed by atoms with van der Waals surface area (Å²) in [5, 5.41) is 13.3. The van der Waals surface area contributed by atoms with E-state index in [9.17, 15) is 27.9 Å². The molecule has 0 saturated heterocycles. The van der Waals surface area contributed by atoms with Gasteiger partial charge in [-0.1, -0.05) is 19.1 Å². The molecular formula is C18H22F3NO4. The molecule has 0 aromatic heterocycles. The molecule has 0 bridgehead atoms. The first-order valence-corrected chi connectivity index (χ1v) is 8.32. The average molecular weight is 373 g/mol. The Morgan fingerprint density at radius 1 is 1.35 bits per heavy atom. The number of halogens is 3. The van der Waals surface area contributed by atoms with E-state index in [4.69, 9.17) is 4.74 Å². The van der Waals surface area contributed by atoms with Crippen molar-refractivity contribution in [2.45, 2.75) is 56.5 Å². The van der Waals surface area contributed by atoms with Crippen molar-refractivity contribution >= 4 is 11.8 Å². The van der Waals surface area contributed by atoms with Crippen molar-refractivity contribution in [2.75, 3.05) is 7.05 Å². The highest BCUT2D eigenvalue weighted by Crippen LogP contribution is 2.41. The summed E-state index contributed by atoms with van der Waals surface area (Å²) < 4.78 is 43.9. The second-order valence-corrected chi connectivity index (χ2v) is 6.61. The fraction of sp³-hybridized carbons (Fsp3) is 0.556. The lowest BCUT2D eigenvalue weighted by Gasteiger charge is -2.47. The molecule has 0 amide bonds. The van der Waals surface area contributed by atoms with E-state index in [0.717, 1.165) is 12.1 Å². The molecule has 2 rings (SSSR count). The van der Waals surface area contributed by atoms with Crippen LogP contribution in [0, 0.1) is 0 Å². The Balaban J connectivity index is 2.56. The van der Waals surface area contributed by atoms with Crippen LogP contribution < -0.4 is 5.32 Å². The lowest BCUT2D eigenvalue weighted by Crippen LogP contribution is -2.66. The Morgan fingerprint density at radius 2 is 1.92 bits per heavy atom. The molecule has 0 radical (unpaired) electrons. The first-order chi connectivity index (χ1) is 12.0. The number of likely N-dealkylation sites (N-methyl/N-ethyl adjacent to an activating group) is 1. The van der Waals surface area contributed by atoms with E-state index >= 15 is 0 Å². The molecule has 5 nitrogen and oxygen atoms in total. The fourth-order valence-electron chi connectivity index (χ4n) is 3.36. The van der Waals surface area contributed by atoms with E-state index in [1.807, 2.05) is 0 Å². The van der Waals surface area contributed by atoms with Gasteiger partial charge in [0.2, 0.25) is 0 Å². The summed E-state index contributed by atoms with van der Waals surface area (Å²) in [6, 6.07) is 4.07. The largest absolute Gasteiger partial charge is 0.460 e. The number of ether oxygens (including phenoxy) is 1.